The first-order chi connectivity index (χ1) is 30.0. The summed E-state index contributed by atoms with van der Waals surface area (Å²) in [6, 6.07) is 75.0. The molecule has 1 heterocycles. The summed E-state index contributed by atoms with van der Waals surface area (Å²) in [5, 5.41) is 9.82. The molecule has 2 nitrogen and oxygen atoms in total. The van der Waals surface area contributed by atoms with Crippen LogP contribution in [0.2, 0.25) is 0 Å². The van der Waals surface area contributed by atoms with Crippen LogP contribution in [-0.4, -0.2) is 9.97 Å². The molecule has 2 heteroatoms. The van der Waals surface area contributed by atoms with Crippen molar-refractivity contribution in [3.05, 3.63) is 217 Å². The molecule has 61 heavy (non-hydrogen) atoms. The zero-order valence-electron chi connectivity index (χ0n) is 34.0. The van der Waals surface area contributed by atoms with Crippen LogP contribution in [0.4, 0.5) is 0 Å². The summed E-state index contributed by atoms with van der Waals surface area (Å²) in [6.45, 7) is 4.67. The summed E-state index contributed by atoms with van der Waals surface area (Å²) >= 11 is 0. The number of fused-ring (bicyclic) bond motifs is 8. The molecule has 0 atom stereocenters. The fraction of sp³-hybridized carbons (Fsp3) is 0.0508. The number of nitrogens with zero attached hydrogens (tertiary/aromatic N) is 2. The van der Waals surface area contributed by atoms with Gasteiger partial charge in [-0.2, -0.15) is 0 Å². The van der Waals surface area contributed by atoms with Crippen molar-refractivity contribution in [2.75, 3.05) is 0 Å². The van der Waals surface area contributed by atoms with Crippen LogP contribution < -0.4 is 0 Å². The first-order valence-corrected chi connectivity index (χ1v) is 21.2. The minimum Gasteiger partial charge on any atom is -0.228 e. The lowest BCUT2D eigenvalue weighted by atomic mass is 9.82. The van der Waals surface area contributed by atoms with Crippen LogP contribution in [-0.2, 0) is 5.41 Å². The quantitative estimate of drug-likeness (QED) is 0.128. The molecule has 286 valence electrons. The van der Waals surface area contributed by atoms with Crippen LogP contribution in [0.25, 0.3) is 110 Å². The summed E-state index contributed by atoms with van der Waals surface area (Å²) in [6.07, 6.45) is 0. The fourth-order valence-electron chi connectivity index (χ4n) is 10.2. The predicted molar refractivity (Wildman–Crippen MR) is 257 cm³/mol. The first-order valence-electron chi connectivity index (χ1n) is 21.2. The van der Waals surface area contributed by atoms with E-state index in [2.05, 4.69) is 214 Å². The topological polar surface area (TPSA) is 25.8 Å². The molecule has 0 aliphatic heterocycles. The summed E-state index contributed by atoms with van der Waals surface area (Å²) in [5.74, 6) is 0.712. The highest BCUT2D eigenvalue weighted by Crippen LogP contribution is 2.51. The lowest BCUT2D eigenvalue weighted by molar-refractivity contribution is 0.660. The molecule has 0 radical (unpaired) electrons. The van der Waals surface area contributed by atoms with Crippen molar-refractivity contribution >= 4 is 43.1 Å². The van der Waals surface area contributed by atoms with Gasteiger partial charge in [-0.3, -0.25) is 0 Å². The van der Waals surface area contributed by atoms with Crippen LogP contribution >= 0.6 is 0 Å². The summed E-state index contributed by atoms with van der Waals surface area (Å²) in [4.78, 5) is 10.6. The molecule has 1 aliphatic carbocycles. The highest BCUT2D eigenvalue weighted by atomic mass is 14.9. The Morgan fingerprint density at radius 2 is 0.885 bits per heavy atom. The molecule has 11 aromatic rings. The lowest BCUT2D eigenvalue weighted by Gasteiger charge is -2.22. The van der Waals surface area contributed by atoms with Crippen molar-refractivity contribution in [1.29, 1.82) is 0 Å². The van der Waals surface area contributed by atoms with Crippen molar-refractivity contribution in [3.8, 4) is 67.3 Å². The van der Waals surface area contributed by atoms with E-state index in [-0.39, 0.29) is 5.41 Å². The standard InChI is InChI=1S/C59H40N2/c1-59(2)51-28-16-15-25-44(51)45-31-30-40(35-52(45)59)53-36-54(61-58(60-53)39-20-7-4-8-21-39)46-33-34-49(43-24-12-11-23-42(43)46)57-48-27-14-13-26-47(48)55(38-18-5-3-6-19-38)50-32-29-37-17-9-10-22-41(37)56(50)57/h3-36H,1-2H3. The average molecular weight is 777 g/mol. The highest BCUT2D eigenvalue weighted by molar-refractivity contribution is 6.29. The smallest absolute Gasteiger partial charge is 0.160 e. The van der Waals surface area contributed by atoms with Gasteiger partial charge in [0.2, 0.25) is 0 Å². The van der Waals surface area contributed by atoms with Crippen molar-refractivity contribution in [1.82, 2.24) is 9.97 Å². The van der Waals surface area contributed by atoms with E-state index >= 15 is 0 Å². The maximum Gasteiger partial charge on any atom is 0.160 e. The molecule has 12 rings (SSSR count). The van der Waals surface area contributed by atoms with E-state index < -0.39 is 0 Å². The van der Waals surface area contributed by atoms with Gasteiger partial charge >= 0.3 is 0 Å². The highest BCUT2D eigenvalue weighted by Gasteiger charge is 2.35. The van der Waals surface area contributed by atoms with Crippen molar-refractivity contribution in [3.63, 3.8) is 0 Å². The number of hydrogen-bond donors (Lipinski definition) is 0. The van der Waals surface area contributed by atoms with Crippen molar-refractivity contribution in [2.24, 2.45) is 0 Å². The van der Waals surface area contributed by atoms with Crippen molar-refractivity contribution < 1.29 is 0 Å². The predicted octanol–water partition coefficient (Wildman–Crippen LogP) is 15.7. The monoisotopic (exact) mass is 776 g/mol. The van der Waals surface area contributed by atoms with E-state index in [1.807, 2.05) is 6.07 Å². The van der Waals surface area contributed by atoms with Gasteiger partial charge in [-0.25, -0.2) is 9.97 Å². The zero-order valence-corrected chi connectivity index (χ0v) is 34.0. The Morgan fingerprint density at radius 1 is 0.328 bits per heavy atom. The van der Waals surface area contributed by atoms with Gasteiger partial charge in [-0.1, -0.05) is 208 Å². The third kappa shape index (κ3) is 5.49. The van der Waals surface area contributed by atoms with Crippen LogP contribution in [0.15, 0.2) is 206 Å². The Bertz CT molecular complexity index is 3550. The second-order valence-corrected chi connectivity index (χ2v) is 16.8. The van der Waals surface area contributed by atoms with Crippen LogP contribution in [0.5, 0.6) is 0 Å². The molecule has 0 fully saturated rings. The van der Waals surface area contributed by atoms with Gasteiger partial charge in [-0.05, 0) is 99.7 Å². The third-order valence-corrected chi connectivity index (χ3v) is 13.1. The molecule has 0 bridgehead atoms. The van der Waals surface area contributed by atoms with Gasteiger partial charge in [-0.15, -0.1) is 0 Å². The number of rotatable bonds is 5. The average Bonchev–Trinajstić information content (AvgIpc) is 3.55. The zero-order chi connectivity index (χ0) is 40.7. The number of benzene rings is 10. The van der Waals surface area contributed by atoms with E-state index in [0.29, 0.717) is 5.82 Å². The van der Waals surface area contributed by atoms with E-state index in [1.54, 1.807) is 0 Å². The molecule has 1 aliphatic rings. The molecule has 0 saturated carbocycles. The lowest BCUT2D eigenvalue weighted by Crippen LogP contribution is -2.14. The summed E-state index contributed by atoms with van der Waals surface area (Å²) < 4.78 is 0. The summed E-state index contributed by atoms with van der Waals surface area (Å²) in [5.41, 5.74) is 15.1. The second kappa shape index (κ2) is 13.7. The molecule has 1 aromatic heterocycles. The Balaban J connectivity index is 1.11. The molecule has 0 amide bonds. The van der Waals surface area contributed by atoms with Gasteiger partial charge < -0.3 is 0 Å². The van der Waals surface area contributed by atoms with Crippen LogP contribution in [0, 0.1) is 0 Å². The Kier molecular flexibility index (Phi) is 7.92. The van der Waals surface area contributed by atoms with Gasteiger partial charge in [0.25, 0.3) is 0 Å². The Labute approximate surface area is 355 Å². The molecular weight excluding hydrogens is 737 g/mol. The number of aromatic nitrogens is 2. The third-order valence-electron chi connectivity index (χ3n) is 13.1. The van der Waals surface area contributed by atoms with E-state index in [4.69, 9.17) is 9.97 Å². The largest absolute Gasteiger partial charge is 0.228 e. The van der Waals surface area contributed by atoms with Gasteiger partial charge in [0.1, 0.15) is 0 Å². The van der Waals surface area contributed by atoms with E-state index in [9.17, 15) is 0 Å². The van der Waals surface area contributed by atoms with Gasteiger partial charge in [0, 0.05) is 22.1 Å². The summed E-state index contributed by atoms with van der Waals surface area (Å²) in [7, 11) is 0. The minimum absolute atomic E-state index is 0.120. The fourth-order valence-corrected chi connectivity index (χ4v) is 10.2. The molecular formula is C59H40N2. The van der Waals surface area contributed by atoms with Crippen molar-refractivity contribution in [2.45, 2.75) is 19.3 Å². The Hall–Kier alpha value is -7.68. The normalized spacial score (nSPS) is 12.9. The van der Waals surface area contributed by atoms with E-state index in [1.165, 1.54) is 82.2 Å². The molecule has 0 unspecified atom stereocenters. The molecule has 10 aromatic carbocycles. The minimum atomic E-state index is -0.120. The SMILES string of the molecule is CC1(C)c2ccccc2-c2ccc(-c3cc(-c4ccc(-c5c6ccccc6c(-c6ccccc6)c6ccc7ccccc7c56)c5ccccc45)nc(-c4ccccc4)n3)cc21. The maximum atomic E-state index is 5.36. The number of hydrogen-bond acceptors (Lipinski definition) is 2. The molecule has 0 N–H and O–H groups in total. The van der Waals surface area contributed by atoms with Gasteiger partial charge in [0.15, 0.2) is 5.82 Å². The first kappa shape index (κ1) is 35.3. The van der Waals surface area contributed by atoms with Crippen LogP contribution in [0.1, 0.15) is 25.0 Å². The van der Waals surface area contributed by atoms with Gasteiger partial charge in [0.05, 0.1) is 11.4 Å². The van der Waals surface area contributed by atoms with Crippen LogP contribution in [0.3, 0.4) is 0 Å². The maximum absolute atomic E-state index is 5.36. The molecule has 0 spiro atoms. The Morgan fingerprint density at radius 3 is 1.66 bits per heavy atom. The second-order valence-electron chi connectivity index (χ2n) is 16.8. The molecule has 0 saturated heterocycles. The van der Waals surface area contributed by atoms with E-state index in [0.717, 1.165) is 33.5 Å².